The Labute approximate surface area is 196 Å². The van der Waals surface area contributed by atoms with E-state index in [0.717, 1.165) is 25.9 Å². The largest absolute Gasteiger partial charge is 0.490 e. The quantitative estimate of drug-likeness (QED) is 0.526. The van der Waals surface area contributed by atoms with Crippen LogP contribution in [0.4, 0.5) is 10.3 Å². The van der Waals surface area contributed by atoms with Gasteiger partial charge in [-0.05, 0) is 54.2 Å². The number of rotatable bonds is 5. The number of benzene rings is 2. The first kappa shape index (κ1) is 21.9. The lowest BCUT2D eigenvalue weighted by molar-refractivity contribution is 0.215. The van der Waals surface area contributed by atoms with Gasteiger partial charge in [0.2, 0.25) is 15.8 Å². The number of aromatic nitrogens is 2. The normalized spacial score (nSPS) is 17.5. The van der Waals surface area contributed by atoms with E-state index in [9.17, 15) is 12.8 Å². The minimum atomic E-state index is -3.39. The van der Waals surface area contributed by atoms with Crippen LogP contribution in [0.25, 0.3) is 11.1 Å². The number of nitrogens with zero attached hydrogens (tertiary/aromatic N) is 3. The molecule has 2 aliphatic heterocycles. The molecule has 1 aromatic heterocycles. The van der Waals surface area contributed by atoms with Crippen LogP contribution in [0.3, 0.4) is 0 Å². The summed E-state index contributed by atoms with van der Waals surface area (Å²) < 4.78 is 49.5. The van der Waals surface area contributed by atoms with E-state index in [4.69, 9.17) is 21.1 Å². The monoisotopic (exact) mass is 489 g/mol. The molecule has 3 heterocycles. The smallest absolute Gasteiger partial charge is 0.225 e. The van der Waals surface area contributed by atoms with Crippen LogP contribution in [-0.4, -0.2) is 44.0 Å². The zero-order valence-corrected chi connectivity index (χ0v) is 19.2. The van der Waals surface area contributed by atoms with Crippen molar-refractivity contribution in [2.45, 2.75) is 17.7 Å². The van der Waals surface area contributed by atoms with Crippen LogP contribution in [-0.2, 0) is 9.84 Å². The van der Waals surface area contributed by atoms with Crippen molar-refractivity contribution >= 4 is 27.4 Å². The van der Waals surface area contributed by atoms with E-state index in [1.54, 1.807) is 36.7 Å². The second-order valence-corrected chi connectivity index (χ2v) is 10.5. The molecule has 33 heavy (non-hydrogen) atoms. The van der Waals surface area contributed by atoms with Gasteiger partial charge >= 0.3 is 0 Å². The Balaban J connectivity index is 1.19. The molecule has 0 radical (unpaired) electrons. The second kappa shape index (κ2) is 8.79. The van der Waals surface area contributed by atoms with Gasteiger partial charge in [-0.15, -0.1) is 0 Å². The van der Waals surface area contributed by atoms with Gasteiger partial charge in [-0.25, -0.2) is 22.8 Å². The summed E-state index contributed by atoms with van der Waals surface area (Å²) >= 11 is 5.84. The highest BCUT2D eigenvalue weighted by atomic mass is 35.5. The average molecular weight is 490 g/mol. The van der Waals surface area contributed by atoms with Gasteiger partial charge in [-0.2, -0.15) is 0 Å². The summed E-state index contributed by atoms with van der Waals surface area (Å²) in [6.07, 6.45) is 4.96. The number of hydrogen-bond acceptors (Lipinski definition) is 7. The van der Waals surface area contributed by atoms with Crippen LogP contribution in [0.2, 0.25) is 5.02 Å². The zero-order chi connectivity index (χ0) is 23.0. The molecule has 0 saturated carbocycles. The molecular weight excluding hydrogens is 469 g/mol. The molecule has 0 unspecified atom stereocenters. The first-order valence-corrected chi connectivity index (χ1v) is 12.6. The van der Waals surface area contributed by atoms with E-state index < -0.39 is 15.7 Å². The van der Waals surface area contributed by atoms with Crippen molar-refractivity contribution in [3.63, 3.8) is 0 Å². The van der Waals surface area contributed by atoms with Crippen LogP contribution in [0.1, 0.15) is 12.8 Å². The Bertz CT molecular complexity index is 1280. The molecular formula is C23H21ClFN3O4S. The fourth-order valence-electron chi connectivity index (χ4n) is 4.04. The fourth-order valence-corrected chi connectivity index (χ4v) is 5.24. The minimum absolute atomic E-state index is 0.167. The molecule has 1 saturated heterocycles. The highest BCUT2D eigenvalue weighted by Gasteiger charge is 2.28. The van der Waals surface area contributed by atoms with Crippen LogP contribution >= 0.6 is 11.6 Å². The Morgan fingerprint density at radius 1 is 1.09 bits per heavy atom. The number of fused-ring (bicyclic) bond motifs is 1. The topological polar surface area (TPSA) is 81.6 Å². The summed E-state index contributed by atoms with van der Waals surface area (Å²) in [5.41, 5.74) is 1.29. The van der Waals surface area contributed by atoms with E-state index >= 15 is 0 Å². The highest BCUT2D eigenvalue weighted by Crippen LogP contribution is 2.36. The van der Waals surface area contributed by atoms with Crippen molar-refractivity contribution in [1.82, 2.24) is 9.97 Å². The maximum atomic E-state index is 14.7. The third-order valence-corrected chi connectivity index (χ3v) is 7.52. The molecule has 0 atom stereocenters. The van der Waals surface area contributed by atoms with Crippen LogP contribution in [0.15, 0.2) is 53.7 Å². The number of sulfone groups is 1. The van der Waals surface area contributed by atoms with Crippen molar-refractivity contribution in [3.8, 4) is 22.6 Å². The summed E-state index contributed by atoms with van der Waals surface area (Å²) in [6.45, 7) is 2.02. The second-order valence-electron chi connectivity index (χ2n) is 8.13. The predicted octanol–water partition coefficient (Wildman–Crippen LogP) is 4.36. The van der Waals surface area contributed by atoms with Gasteiger partial charge in [0, 0.05) is 13.1 Å². The molecule has 5 rings (SSSR count). The molecule has 0 bridgehead atoms. The molecule has 0 N–H and O–H groups in total. The van der Waals surface area contributed by atoms with E-state index in [0.29, 0.717) is 40.4 Å². The molecule has 10 heteroatoms. The molecule has 2 aromatic carbocycles. The lowest BCUT2D eigenvalue weighted by Crippen LogP contribution is -2.36. The van der Waals surface area contributed by atoms with Crippen molar-refractivity contribution in [2.75, 3.05) is 30.5 Å². The van der Waals surface area contributed by atoms with Gasteiger partial charge in [-0.3, -0.25) is 0 Å². The van der Waals surface area contributed by atoms with Crippen molar-refractivity contribution in [3.05, 3.63) is 59.6 Å². The van der Waals surface area contributed by atoms with Crippen LogP contribution in [0, 0.1) is 11.7 Å². The summed E-state index contributed by atoms with van der Waals surface area (Å²) in [5, 5.41) is 0.507. The summed E-state index contributed by atoms with van der Waals surface area (Å²) in [7, 11) is -3.39. The maximum Gasteiger partial charge on any atom is 0.225 e. The van der Waals surface area contributed by atoms with E-state index in [2.05, 4.69) is 14.9 Å². The minimum Gasteiger partial charge on any atom is -0.490 e. The van der Waals surface area contributed by atoms with Crippen LogP contribution in [0.5, 0.6) is 11.5 Å². The molecule has 2 aliphatic rings. The standard InChI is InChI=1S/C23H21ClFN3O4S/c24-18-11-26-23(27-12-18)28-7-5-15(6-8-28)13-31-20-3-1-16(9-19(20)25)17-2-4-22-21(10-17)32-14-33(22,29)30/h1-4,9-12,15H,5-8,13-14H2. The van der Waals surface area contributed by atoms with Gasteiger partial charge in [0.15, 0.2) is 17.5 Å². The first-order chi connectivity index (χ1) is 15.9. The lowest BCUT2D eigenvalue weighted by Gasteiger charge is -2.31. The Kier molecular flexibility index (Phi) is 5.84. The van der Waals surface area contributed by atoms with Crippen molar-refractivity contribution in [1.29, 1.82) is 0 Å². The zero-order valence-electron chi connectivity index (χ0n) is 17.6. The number of halogens is 2. The molecule has 1 fully saturated rings. The fraction of sp³-hybridized carbons (Fsp3) is 0.304. The summed E-state index contributed by atoms with van der Waals surface area (Å²) in [6, 6.07) is 9.51. The van der Waals surface area contributed by atoms with Gasteiger partial charge in [-0.1, -0.05) is 23.7 Å². The third-order valence-electron chi connectivity index (χ3n) is 5.89. The molecule has 0 spiro atoms. The predicted molar refractivity (Wildman–Crippen MR) is 122 cm³/mol. The van der Waals surface area contributed by atoms with Crippen molar-refractivity contribution in [2.24, 2.45) is 5.92 Å². The highest BCUT2D eigenvalue weighted by molar-refractivity contribution is 7.91. The Morgan fingerprint density at radius 3 is 2.52 bits per heavy atom. The first-order valence-electron chi connectivity index (χ1n) is 10.5. The Morgan fingerprint density at radius 2 is 1.79 bits per heavy atom. The van der Waals surface area contributed by atoms with Gasteiger partial charge in [0.05, 0.1) is 24.0 Å². The molecule has 0 amide bonds. The molecule has 172 valence electrons. The maximum absolute atomic E-state index is 14.7. The number of hydrogen-bond donors (Lipinski definition) is 0. The van der Waals surface area contributed by atoms with E-state index in [1.165, 1.54) is 12.1 Å². The number of piperidine rings is 1. The lowest BCUT2D eigenvalue weighted by atomic mass is 9.98. The van der Waals surface area contributed by atoms with Gasteiger partial charge in [0.1, 0.15) is 10.6 Å². The Hall–Kier alpha value is -2.91. The van der Waals surface area contributed by atoms with Gasteiger partial charge in [0.25, 0.3) is 0 Å². The summed E-state index contributed by atoms with van der Waals surface area (Å²) in [4.78, 5) is 10.8. The van der Waals surface area contributed by atoms with Crippen molar-refractivity contribution < 1.29 is 22.3 Å². The summed E-state index contributed by atoms with van der Waals surface area (Å²) in [5.74, 6) is 0.635. The molecule has 0 aliphatic carbocycles. The number of anilines is 1. The van der Waals surface area contributed by atoms with E-state index in [-0.39, 0.29) is 16.6 Å². The average Bonchev–Trinajstić information content (AvgIpc) is 3.13. The number of ether oxygens (including phenoxy) is 2. The van der Waals surface area contributed by atoms with E-state index in [1.807, 2.05) is 0 Å². The third kappa shape index (κ3) is 4.60. The van der Waals surface area contributed by atoms with Crippen LogP contribution < -0.4 is 14.4 Å². The SMILES string of the molecule is O=S1(=O)COc2cc(-c3ccc(OCC4CCN(c5ncc(Cl)cn5)CC4)c(F)c3)ccc21. The molecule has 7 nitrogen and oxygen atoms in total. The van der Waals surface area contributed by atoms with Gasteiger partial charge < -0.3 is 14.4 Å². The molecule has 3 aromatic rings.